The third kappa shape index (κ3) is 14.6. The van der Waals surface area contributed by atoms with Gasteiger partial charge in [0.1, 0.15) is 12.0 Å². The van der Waals surface area contributed by atoms with E-state index in [1.807, 2.05) is 20.8 Å². The third-order valence-electron chi connectivity index (χ3n) is 4.14. The molecule has 0 fully saturated rings. The summed E-state index contributed by atoms with van der Waals surface area (Å²) in [4.78, 5) is 22.1. The topological polar surface area (TPSA) is 63.6 Å². The van der Waals surface area contributed by atoms with E-state index in [1.54, 1.807) is 0 Å². The Morgan fingerprint density at radius 1 is 1.04 bits per heavy atom. The van der Waals surface area contributed by atoms with E-state index < -0.39 is 24.0 Å². The van der Waals surface area contributed by atoms with Crippen molar-refractivity contribution in [3.63, 3.8) is 0 Å². The molecule has 0 saturated heterocycles. The second-order valence-electron chi connectivity index (χ2n) is 6.38. The number of rotatable bonds is 12. The number of unbranched alkanes of at least 4 members (excludes halogenated alkanes) is 6. The van der Waals surface area contributed by atoms with Gasteiger partial charge in [0.2, 0.25) is 0 Å². The van der Waals surface area contributed by atoms with Gasteiger partial charge in [-0.05, 0) is 25.7 Å². The molecule has 0 aliphatic carbocycles. The zero-order chi connectivity index (χ0) is 16.3. The number of hydrogen-bond acceptors (Lipinski definition) is 3. The van der Waals surface area contributed by atoms with E-state index >= 15 is 0 Å². The number of carbonyl (C=O) groups excluding carboxylic acids is 1. The van der Waals surface area contributed by atoms with Crippen LogP contribution in [0.3, 0.4) is 0 Å². The van der Waals surface area contributed by atoms with Gasteiger partial charge in [0.05, 0.1) is 0 Å². The van der Waals surface area contributed by atoms with Crippen LogP contribution in [0.15, 0.2) is 0 Å². The molecule has 4 nitrogen and oxygen atoms in total. The molecule has 128 valence electrons. The summed E-state index contributed by atoms with van der Waals surface area (Å²) in [6.45, 7) is 8.14. The SMILES string of the molecule is CCCCCCCCCC(C)(OC(=O)CC(=O)O)C(C)C.[LiH].[NaH]. The molecule has 0 rings (SSSR count). The van der Waals surface area contributed by atoms with Crippen LogP contribution in [-0.2, 0) is 14.3 Å². The Kier molecular flexibility index (Phi) is 19.8. The predicted molar refractivity (Wildman–Crippen MR) is 98.5 cm³/mol. The van der Waals surface area contributed by atoms with Crippen molar-refractivity contribution >= 4 is 60.4 Å². The van der Waals surface area contributed by atoms with Crippen molar-refractivity contribution in [3.05, 3.63) is 0 Å². The number of hydrogen-bond donors (Lipinski definition) is 1. The van der Waals surface area contributed by atoms with E-state index in [-0.39, 0.29) is 54.3 Å². The summed E-state index contributed by atoms with van der Waals surface area (Å²) in [6, 6.07) is 0. The first kappa shape index (κ1) is 28.3. The van der Waals surface area contributed by atoms with E-state index in [0.29, 0.717) is 0 Å². The Morgan fingerprint density at radius 3 is 1.96 bits per heavy atom. The van der Waals surface area contributed by atoms with Gasteiger partial charge in [0.25, 0.3) is 0 Å². The van der Waals surface area contributed by atoms with Crippen LogP contribution in [0.1, 0.15) is 85.5 Å². The average molecular weight is 332 g/mol. The molecule has 0 aliphatic heterocycles. The summed E-state index contributed by atoms with van der Waals surface area (Å²) in [6.07, 6.45) is 8.74. The molecule has 1 unspecified atom stereocenters. The third-order valence-corrected chi connectivity index (χ3v) is 4.14. The van der Waals surface area contributed by atoms with Gasteiger partial charge in [-0.3, -0.25) is 9.59 Å². The molecule has 23 heavy (non-hydrogen) atoms. The van der Waals surface area contributed by atoms with Gasteiger partial charge < -0.3 is 9.84 Å². The monoisotopic (exact) mass is 332 g/mol. The average Bonchev–Trinajstić information content (AvgIpc) is 2.36. The minimum absolute atomic E-state index is 0. The fraction of sp³-hybridized carbons (Fsp3) is 0.882. The fourth-order valence-electron chi connectivity index (χ4n) is 2.31. The van der Waals surface area contributed by atoms with Crippen molar-refractivity contribution in [3.8, 4) is 0 Å². The molecule has 0 amide bonds. The summed E-state index contributed by atoms with van der Waals surface area (Å²) < 4.78 is 5.44. The van der Waals surface area contributed by atoms with Crippen LogP contribution >= 0.6 is 0 Å². The standard InChI is InChI=1S/C17H32O4.Li.Na.2H/c1-5-6-7-8-9-10-11-12-17(4,14(2)3)21-16(20)13-15(18)19;;;;/h14H,5-13H2,1-4H3,(H,18,19);;;;. The first-order chi connectivity index (χ1) is 9.81. The molecule has 0 spiro atoms. The van der Waals surface area contributed by atoms with Crippen LogP contribution in [0.2, 0.25) is 0 Å². The number of ether oxygens (including phenoxy) is 1. The predicted octanol–water partition coefficient (Wildman–Crippen LogP) is 3.26. The second-order valence-corrected chi connectivity index (χ2v) is 6.38. The Balaban J connectivity index is -0.00000200. The van der Waals surface area contributed by atoms with E-state index in [2.05, 4.69) is 6.92 Å². The molecule has 0 bridgehead atoms. The van der Waals surface area contributed by atoms with Gasteiger partial charge in [-0.1, -0.05) is 59.3 Å². The van der Waals surface area contributed by atoms with Crippen LogP contribution in [0.4, 0.5) is 0 Å². The van der Waals surface area contributed by atoms with Crippen molar-refractivity contribution in [1.29, 1.82) is 0 Å². The Labute approximate surface area is 176 Å². The molecule has 0 heterocycles. The number of carbonyl (C=O) groups is 2. The zero-order valence-electron chi connectivity index (χ0n) is 14.1. The van der Waals surface area contributed by atoms with Gasteiger partial charge in [0, 0.05) is 0 Å². The first-order valence-electron chi connectivity index (χ1n) is 8.25. The van der Waals surface area contributed by atoms with Gasteiger partial charge in [-0.15, -0.1) is 0 Å². The Morgan fingerprint density at radius 2 is 1.52 bits per heavy atom. The molecule has 0 saturated carbocycles. The summed E-state index contributed by atoms with van der Waals surface area (Å²) in [5.41, 5.74) is -0.560. The van der Waals surface area contributed by atoms with Gasteiger partial charge in [0.15, 0.2) is 0 Å². The van der Waals surface area contributed by atoms with Crippen molar-refractivity contribution in [1.82, 2.24) is 0 Å². The molecule has 1 atom stereocenters. The summed E-state index contributed by atoms with van der Waals surface area (Å²) in [5, 5.41) is 8.64. The van der Waals surface area contributed by atoms with Gasteiger partial charge in [-0.25, -0.2) is 0 Å². The van der Waals surface area contributed by atoms with Crippen molar-refractivity contribution in [2.24, 2.45) is 5.92 Å². The first-order valence-corrected chi connectivity index (χ1v) is 8.25. The molecular formula is C17H34LiNaO4. The molecular weight excluding hydrogens is 298 g/mol. The number of esters is 1. The molecule has 0 aromatic carbocycles. The summed E-state index contributed by atoms with van der Waals surface area (Å²) >= 11 is 0. The second kappa shape index (κ2) is 16.0. The quantitative estimate of drug-likeness (QED) is 0.258. The van der Waals surface area contributed by atoms with Crippen LogP contribution in [0.5, 0.6) is 0 Å². The number of carboxylic acids is 1. The normalized spacial score (nSPS) is 12.7. The summed E-state index contributed by atoms with van der Waals surface area (Å²) in [5.74, 6) is -1.60. The van der Waals surface area contributed by atoms with Crippen molar-refractivity contribution in [2.45, 2.75) is 91.1 Å². The van der Waals surface area contributed by atoms with Crippen LogP contribution in [0, 0.1) is 5.92 Å². The Bertz CT molecular complexity index is 324. The maximum absolute atomic E-state index is 11.6. The summed E-state index contributed by atoms with van der Waals surface area (Å²) in [7, 11) is 0. The van der Waals surface area contributed by atoms with E-state index in [1.165, 1.54) is 32.1 Å². The molecule has 6 heteroatoms. The van der Waals surface area contributed by atoms with E-state index in [9.17, 15) is 9.59 Å². The van der Waals surface area contributed by atoms with Crippen LogP contribution in [0.25, 0.3) is 0 Å². The van der Waals surface area contributed by atoms with E-state index in [4.69, 9.17) is 9.84 Å². The van der Waals surface area contributed by atoms with Crippen LogP contribution in [-0.4, -0.2) is 71.1 Å². The number of carboxylic acid groups (broad SMARTS) is 1. The van der Waals surface area contributed by atoms with Gasteiger partial charge >= 0.3 is 60.4 Å². The molecule has 0 radical (unpaired) electrons. The van der Waals surface area contributed by atoms with Crippen molar-refractivity contribution in [2.75, 3.05) is 0 Å². The fourth-order valence-corrected chi connectivity index (χ4v) is 2.31. The van der Waals surface area contributed by atoms with Crippen molar-refractivity contribution < 1.29 is 19.4 Å². The molecule has 0 aromatic rings. The molecule has 0 aromatic heterocycles. The van der Waals surface area contributed by atoms with Crippen LogP contribution < -0.4 is 0 Å². The number of aliphatic carboxylic acids is 1. The van der Waals surface area contributed by atoms with Gasteiger partial charge in [-0.2, -0.15) is 0 Å². The minimum atomic E-state index is -1.14. The molecule has 0 aliphatic rings. The maximum atomic E-state index is 11.6. The zero-order valence-corrected chi connectivity index (χ0v) is 14.1. The Hall–Kier alpha value is 0.537. The van der Waals surface area contributed by atoms with E-state index in [0.717, 1.165) is 19.3 Å². The molecule has 1 N–H and O–H groups in total.